The zero-order valence-electron chi connectivity index (χ0n) is 11.2. The minimum atomic E-state index is 0.258. The van der Waals surface area contributed by atoms with Crippen LogP contribution in [0.25, 0.3) is 0 Å². The molecular weight excluding hydrogens is 318 g/mol. The first-order valence-corrected chi connectivity index (χ1v) is 8.39. The highest BCUT2D eigenvalue weighted by Gasteiger charge is 2.12. The van der Waals surface area contributed by atoms with Crippen LogP contribution in [0.15, 0.2) is 57.9 Å². The summed E-state index contributed by atoms with van der Waals surface area (Å²) in [5.41, 5.74) is 2.60. The lowest BCUT2D eigenvalue weighted by molar-refractivity contribution is 0.630. The van der Waals surface area contributed by atoms with Crippen LogP contribution in [0.2, 0.25) is 0 Å². The summed E-state index contributed by atoms with van der Waals surface area (Å²) in [7, 11) is 0. The van der Waals surface area contributed by atoms with Crippen LogP contribution in [-0.2, 0) is 0 Å². The van der Waals surface area contributed by atoms with Gasteiger partial charge in [0.2, 0.25) is 0 Å². The van der Waals surface area contributed by atoms with Crippen molar-refractivity contribution in [2.75, 3.05) is 12.8 Å². The Balaban J connectivity index is 2.30. The van der Waals surface area contributed by atoms with E-state index in [0.29, 0.717) is 0 Å². The molecule has 1 atom stereocenters. The predicted molar refractivity (Wildman–Crippen MR) is 87.9 cm³/mol. The molecule has 0 aliphatic heterocycles. The average molecular weight is 336 g/mol. The molecule has 2 aromatic rings. The van der Waals surface area contributed by atoms with Gasteiger partial charge in [-0.15, -0.1) is 11.8 Å². The molecule has 0 aliphatic carbocycles. The quantitative estimate of drug-likeness (QED) is 0.782. The molecule has 0 saturated heterocycles. The van der Waals surface area contributed by atoms with Crippen LogP contribution in [0.3, 0.4) is 0 Å². The molecule has 1 N–H and O–H groups in total. The molecule has 3 heteroatoms. The molecular formula is C16H18BrNS. The van der Waals surface area contributed by atoms with E-state index in [1.807, 2.05) is 0 Å². The summed E-state index contributed by atoms with van der Waals surface area (Å²) in [5.74, 6) is 0. The Morgan fingerprint density at radius 3 is 2.00 bits per heavy atom. The van der Waals surface area contributed by atoms with Crippen LogP contribution in [0.5, 0.6) is 0 Å². The van der Waals surface area contributed by atoms with Crippen LogP contribution < -0.4 is 5.32 Å². The second-order valence-corrected chi connectivity index (χ2v) is 6.11. The lowest BCUT2D eigenvalue weighted by Gasteiger charge is -2.19. The number of benzene rings is 2. The lowest BCUT2D eigenvalue weighted by atomic mass is 9.99. The number of nitrogens with one attached hydrogen (secondary N) is 1. The van der Waals surface area contributed by atoms with Crippen LogP contribution in [0.1, 0.15) is 24.1 Å². The summed E-state index contributed by atoms with van der Waals surface area (Å²) in [6, 6.07) is 17.6. The van der Waals surface area contributed by atoms with E-state index in [1.54, 1.807) is 11.8 Å². The highest BCUT2D eigenvalue weighted by molar-refractivity contribution is 9.10. The van der Waals surface area contributed by atoms with Gasteiger partial charge in [-0.2, -0.15) is 0 Å². The fourth-order valence-electron chi connectivity index (χ4n) is 2.08. The third kappa shape index (κ3) is 3.85. The molecule has 0 radical (unpaired) electrons. The first kappa shape index (κ1) is 14.6. The van der Waals surface area contributed by atoms with Crippen molar-refractivity contribution < 1.29 is 0 Å². The first-order chi connectivity index (χ1) is 9.24. The molecule has 0 heterocycles. The van der Waals surface area contributed by atoms with Gasteiger partial charge in [-0.3, -0.25) is 0 Å². The molecule has 1 nitrogen and oxygen atoms in total. The van der Waals surface area contributed by atoms with Gasteiger partial charge in [-0.1, -0.05) is 47.1 Å². The molecule has 1 unspecified atom stereocenters. The second kappa shape index (κ2) is 7.13. The third-order valence-corrected chi connectivity index (χ3v) is 4.33. The van der Waals surface area contributed by atoms with Crippen molar-refractivity contribution >= 4 is 27.7 Å². The van der Waals surface area contributed by atoms with Crippen LogP contribution in [0.4, 0.5) is 0 Å². The van der Waals surface area contributed by atoms with Crippen molar-refractivity contribution in [1.82, 2.24) is 5.32 Å². The molecule has 0 fully saturated rings. The first-order valence-electron chi connectivity index (χ1n) is 6.37. The summed E-state index contributed by atoms with van der Waals surface area (Å²) in [5, 5.41) is 3.55. The number of rotatable bonds is 5. The van der Waals surface area contributed by atoms with E-state index >= 15 is 0 Å². The fourth-order valence-corrected chi connectivity index (χ4v) is 2.76. The summed E-state index contributed by atoms with van der Waals surface area (Å²) >= 11 is 5.26. The zero-order chi connectivity index (χ0) is 13.7. The van der Waals surface area contributed by atoms with E-state index in [1.165, 1.54) is 16.0 Å². The zero-order valence-corrected chi connectivity index (χ0v) is 13.6. The Bertz CT molecular complexity index is 507. The molecule has 0 aliphatic rings. The normalized spacial score (nSPS) is 12.4. The number of hydrogen-bond donors (Lipinski definition) is 1. The van der Waals surface area contributed by atoms with E-state index in [9.17, 15) is 0 Å². The van der Waals surface area contributed by atoms with Gasteiger partial charge in [0.1, 0.15) is 0 Å². The van der Waals surface area contributed by atoms with E-state index < -0.39 is 0 Å². The molecule has 2 rings (SSSR count). The molecule has 0 saturated carbocycles. The molecule has 0 aromatic heterocycles. The lowest BCUT2D eigenvalue weighted by Crippen LogP contribution is -2.21. The highest BCUT2D eigenvalue weighted by Crippen LogP contribution is 2.25. The Morgan fingerprint density at radius 1 is 1.00 bits per heavy atom. The molecule has 0 spiro atoms. The van der Waals surface area contributed by atoms with Gasteiger partial charge in [0, 0.05) is 9.37 Å². The standard InChI is InChI=1S/C16H18BrNS/c1-3-18-16(12-4-8-14(17)9-5-12)13-6-10-15(19-2)11-7-13/h4-11,16,18H,3H2,1-2H3. The molecule has 0 amide bonds. The maximum absolute atomic E-state index is 3.55. The summed E-state index contributed by atoms with van der Waals surface area (Å²) < 4.78 is 1.12. The topological polar surface area (TPSA) is 12.0 Å². The van der Waals surface area contributed by atoms with Crippen LogP contribution >= 0.6 is 27.7 Å². The predicted octanol–water partition coefficient (Wildman–Crippen LogP) is 4.87. The van der Waals surface area contributed by atoms with Crippen molar-refractivity contribution in [2.45, 2.75) is 17.9 Å². The Kier molecular flexibility index (Phi) is 5.49. The van der Waals surface area contributed by atoms with Crippen LogP contribution in [0, 0.1) is 0 Å². The van der Waals surface area contributed by atoms with Crippen molar-refractivity contribution in [1.29, 1.82) is 0 Å². The Hall–Kier alpha value is -0.770. The number of halogens is 1. The summed E-state index contributed by atoms with van der Waals surface area (Å²) in [6.07, 6.45) is 2.10. The fraction of sp³-hybridized carbons (Fsp3) is 0.250. The molecule has 19 heavy (non-hydrogen) atoms. The minimum Gasteiger partial charge on any atom is -0.307 e. The van der Waals surface area contributed by atoms with E-state index in [-0.39, 0.29) is 6.04 Å². The Labute approximate surface area is 127 Å². The molecule has 0 bridgehead atoms. The van der Waals surface area contributed by atoms with Crippen molar-refractivity contribution in [3.63, 3.8) is 0 Å². The van der Waals surface area contributed by atoms with E-state index in [0.717, 1.165) is 11.0 Å². The van der Waals surface area contributed by atoms with Gasteiger partial charge in [-0.05, 0) is 48.2 Å². The van der Waals surface area contributed by atoms with Crippen LogP contribution in [-0.4, -0.2) is 12.8 Å². The van der Waals surface area contributed by atoms with Crippen molar-refractivity contribution in [3.05, 3.63) is 64.1 Å². The smallest absolute Gasteiger partial charge is 0.0576 e. The van der Waals surface area contributed by atoms with Crippen molar-refractivity contribution in [2.24, 2.45) is 0 Å². The van der Waals surface area contributed by atoms with Gasteiger partial charge in [0.15, 0.2) is 0 Å². The number of thioether (sulfide) groups is 1. The number of hydrogen-bond acceptors (Lipinski definition) is 2. The largest absolute Gasteiger partial charge is 0.307 e. The highest BCUT2D eigenvalue weighted by atomic mass is 79.9. The second-order valence-electron chi connectivity index (χ2n) is 4.32. The maximum Gasteiger partial charge on any atom is 0.0576 e. The SMILES string of the molecule is CCNC(c1ccc(Br)cc1)c1ccc(SC)cc1. The van der Waals surface area contributed by atoms with Crippen molar-refractivity contribution in [3.8, 4) is 0 Å². The van der Waals surface area contributed by atoms with Gasteiger partial charge < -0.3 is 5.32 Å². The third-order valence-electron chi connectivity index (χ3n) is 3.06. The maximum atomic E-state index is 3.55. The van der Waals surface area contributed by atoms with E-state index in [2.05, 4.69) is 83.0 Å². The van der Waals surface area contributed by atoms with Gasteiger partial charge >= 0.3 is 0 Å². The van der Waals surface area contributed by atoms with Gasteiger partial charge in [0.05, 0.1) is 6.04 Å². The monoisotopic (exact) mass is 335 g/mol. The van der Waals surface area contributed by atoms with E-state index in [4.69, 9.17) is 0 Å². The molecule has 100 valence electrons. The summed E-state index contributed by atoms with van der Waals surface area (Å²) in [4.78, 5) is 1.30. The summed E-state index contributed by atoms with van der Waals surface area (Å²) in [6.45, 7) is 3.09. The average Bonchev–Trinajstić information content (AvgIpc) is 2.46. The molecule has 2 aromatic carbocycles. The van der Waals surface area contributed by atoms with Gasteiger partial charge in [-0.25, -0.2) is 0 Å². The Morgan fingerprint density at radius 2 is 1.53 bits per heavy atom. The minimum absolute atomic E-state index is 0.258. The van der Waals surface area contributed by atoms with Gasteiger partial charge in [0.25, 0.3) is 0 Å².